The van der Waals surface area contributed by atoms with E-state index in [0.29, 0.717) is 0 Å². The fraction of sp³-hybridized carbons (Fsp3) is 0.188. The van der Waals surface area contributed by atoms with Crippen molar-refractivity contribution < 1.29 is 31.8 Å². The summed E-state index contributed by atoms with van der Waals surface area (Å²) in [6.07, 6.45) is -4.97. The molecule has 2 rings (SSSR count). The van der Waals surface area contributed by atoms with Crippen molar-refractivity contribution >= 4 is 5.78 Å². The maximum Gasteiger partial charge on any atom is 0.454 e. The molecule has 0 bridgehead atoms. The summed E-state index contributed by atoms with van der Waals surface area (Å²) in [6, 6.07) is 9.03. The summed E-state index contributed by atoms with van der Waals surface area (Å²) >= 11 is 0. The standard InChI is InChI=1S/C16H12F4O3/c1-22-14-8-10(15(21)16(18,19)20)6-7-13(14)23-9-11-4-2-3-5-12(11)17/h2-8H,9H2,1H3. The highest BCUT2D eigenvalue weighted by molar-refractivity contribution is 6.00. The Balaban J connectivity index is 2.20. The molecule has 0 atom stereocenters. The second-order valence-electron chi connectivity index (χ2n) is 4.57. The van der Waals surface area contributed by atoms with E-state index in [2.05, 4.69) is 0 Å². The van der Waals surface area contributed by atoms with E-state index in [1.54, 1.807) is 6.07 Å². The van der Waals surface area contributed by atoms with Gasteiger partial charge in [-0.1, -0.05) is 18.2 Å². The van der Waals surface area contributed by atoms with Crippen LogP contribution < -0.4 is 9.47 Å². The molecule has 0 aliphatic carbocycles. The van der Waals surface area contributed by atoms with Gasteiger partial charge in [0, 0.05) is 11.1 Å². The lowest BCUT2D eigenvalue weighted by atomic mass is 10.1. The monoisotopic (exact) mass is 328 g/mol. The van der Waals surface area contributed by atoms with Gasteiger partial charge in [0.2, 0.25) is 0 Å². The van der Waals surface area contributed by atoms with Gasteiger partial charge in [-0.2, -0.15) is 13.2 Å². The number of rotatable bonds is 5. The molecule has 0 unspecified atom stereocenters. The summed E-state index contributed by atoms with van der Waals surface area (Å²) in [4.78, 5) is 11.2. The van der Waals surface area contributed by atoms with E-state index in [4.69, 9.17) is 9.47 Å². The summed E-state index contributed by atoms with van der Waals surface area (Å²) in [5, 5.41) is 0. The number of carbonyl (C=O) groups is 1. The number of hydrogen-bond donors (Lipinski definition) is 0. The van der Waals surface area contributed by atoms with Crippen molar-refractivity contribution in [1.29, 1.82) is 0 Å². The van der Waals surface area contributed by atoms with Crippen LogP contribution >= 0.6 is 0 Å². The van der Waals surface area contributed by atoms with Crippen molar-refractivity contribution in [2.45, 2.75) is 12.8 Å². The van der Waals surface area contributed by atoms with Gasteiger partial charge in [-0.25, -0.2) is 4.39 Å². The number of benzene rings is 2. The minimum atomic E-state index is -4.97. The number of alkyl halides is 3. The Morgan fingerprint density at radius 2 is 1.78 bits per heavy atom. The average molecular weight is 328 g/mol. The third-order valence-electron chi connectivity index (χ3n) is 3.02. The molecular weight excluding hydrogens is 316 g/mol. The Morgan fingerprint density at radius 3 is 2.39 bits per heavy atom. The Bertz CT molecular complexity index is 711. The summed E-state index contributed by atoms with van der Waals surface area (Å²) in [5.41, 5.74) is -0.280. The molecule has 0 spiro atoms. The molecule has 0 radical (unpaired) electrons. The van der Waals surface area contributed by atoms with Crippen molar-refractivity contribution in [2.75, 3.05) is 7.11 Å². The molecule has 0 aliphatic rings. The van der Waals surface area contributed by atoms with Crippen LogP contribution in [0.25, 0.3) is 0 Å². The van der Waals surface area contributed by atoms with Crippen LogP contribution in [0.2, 0.25) is 0 Å². The molecule has 2 aromatic rings. The van der Waals surface area contributed by atoms with E-state index >= 15 is 0 Å². The number of Topliss-reactive ketones (excluding diaryl/α,β-unsaturated/α-hetero) is 1. The molecule has 7 heteroatoms. The number of carbonyl (C=O) groups excluding carboxylic acids is 1. The van der Waals surface area contributed by atoms with Crippen LogP contribution in [0.1, 0.15) is 15.9 Å². The molecule has 0 fully saturated rings. The van der Waals surface area contributed by atoms with Gasteiger partial charge in [-0.3, -0.25) is 4.79 Å². The first-order valence-corrected chi connectivity index (χ1v) is 6.48. The van der Waals surface area contributed by atoms with Crippen molar-refractivity contribution in [1.82, 2.24) is 0 Å². The first kappa shape index (κ1) is 16.8. The fourth-order valence-corrected chi connectivity index (χ4v) is 1.86. The maximum atomic E-state index is 13.5. The quantitative estimate of drug-likeness (QED) is 0.611. The van der Waals surface area contributed by atoms with E-state index in [9.17, 15) is 22.4 Å². The molecule has 2 aromatic carbocycles. The lowest BCUT2D eigenvalue weighted by molar-refractivity contribution is -0.0885. The summed E-state index contributed by atoms with van der Waals surface area (Å²) in [7, 11) is 1.23. The predicted octanol–water partition coefficient (Wildman–Crippen LogP) is 4.16. The van der Waals surface area contributed by atoms with Crippen LogP contribution in [0.15, 0.2) is 42.5 Å². The van der Waals surface area contributed by atoms with Gasteiger partial charge in [0.15, 0.2) is 11.5 Å². The minimum absolute atomic E-state index is 0.0450. The summed E-state index contributed by atoms with van der Waals surface area (Å²) in [5.74, 6) is -2.38. The van der Waals surface area contributed by atoms with Gasteiger partial charge >= 0.3 is 6.18 Å². The summed E-state index contributed by atoms with van der Waals surface area (Å²) < 4.78 is 61.0. The zero-order valence-electron chi connectivity index (χ0n) is 12.0. The van der Waals surface area contributed by atoms with Gasteiger partial charge in [0.25, 0.3) is 5.78 Å². The molecule has 0 N–H and O–H groups in total. The highest BCUT2D eigenvalue weighted by atomic mass is 19.4. The van der Waals surface area contributed by atoms with Crippen LogP contribution in [-0.4, -0.2) is 19.1 Å². The highest BCUT2D eigenvalue weighted by Gasteiger charge is 2.39. The molecule has 0 amide bonds. The molecule has 122 valence electrons. The third-order valence-corrected chi connectivity index (χ3v) is 3.02. The van der Waals surface area contributed by atoms with E-state index in [1.165, 1.54) is 31.4 Å². The number of ether oxygens (including phenoxy) is 2. The Hall–Kier alpha value is -2.57. The Kier molecular flexibility index (Phi) is 4.88. The smallest absolute Gasteiger partial charge is 0.454 e. The zero-order valence-corrected chi connectivity index (χ0v) is 12.0. The van der Waals surface area contributed by atoms with Crippen molar-refractivity contribution in [3.05, 3.63) is 59.4 Å². The van der Waals surface area contributed by atoms with Crippen LogP contribution in [0.4, 0.5) is 17.6 Å². The Labute approximate surface area is 129 Å². The van der Waals surface area contributed by atoms with Crippen LogP contribution in [0.5, 0.6) is 11.5 Å². The average Bonchev–Trinajstić information content (AvgIpc) is 2.52. The first-order chi connectivity index (χ1) is 10.8. The van der Waals surface area contributed by atoms with Crippen LogP contribution in [-0.2, 0) is 6.61 Å². The molecule has 23 heavy (non-hydrogen) atoms. The summed E-state index contributed by atoms with van der Waals surface area (Å²) in [6.45, 7) is -0.129. The van der Waals surface area contributed by atoms with Crippen molar-refractivity contribution in [2.24, 2.45) is 0 Å². The second kappa shape index (κ2) is 6.68. The molecule has 0 aromatic heterocycles. The number of methoxy groups -OCH3 is 1. The van der Waals surface area contributed by atoms with Gasteiger partial charge in [-0.15, -0.1) is 0 Å². The maximum absolute atomic E-state index is 13.5. The molecule has 0 saturated carbocycles. The van der Waals surface area contributed by atoms with E-state index in [0.717, 1.165) is 12.1 Å². The first-order valence-electron chi connectivity index (χ1n) is 6.48. The Morgan fingerprint density at radius 1 is 1.09 bits per heavy atom. The van der Waals surface area contributed by atoms with Crippen LogP contribution in [0.3, 0.4) is 0 Å². The van der Waals surface area contributed by atoms with Gasteiger partial charge in [-0.05, 0) is 24.3 Å². The van der Waals surface area contributed by atoms with Gasteiger partial charge in [0.05, 0.1) is 7.11 Å². The number of halogens is 4. The van der Waals surface area contributed by atoms with E-state index in [-0.39, 0.29) is 23.7 Å². The molecule has 0 saturated heterocycles. The number of ketones is 1. The van der Waals surface area contributed by atoms with E-state index < -0.39 is 23.3 Å². The fourth-order valence-electron chi connectivity index (χ4n) is 1.86. The van der Waals surface area contributed by atoms with Crippen molar-refractivity contribution in [3.63, 3.8) is 0 Å². The minimum Gasteiger partial charge on any atom is -0.493 e. The molecule has 0 heterocycles. The molecule has 3 nitrogen and oxygen atoms in total. The highest BCUT2D eigenvalue weighted by Crippen LogP contribution is 2.31. The molecule has 0 aliphatic heterocycles. The van der Waals surface area contributed by atoms with Gasteiger partial charge < -0.3 is 9.47 Å². The van der Waals surface area contributed by atoms with Crippen LogP contribution in [0, 0.1) is 5.82 Å². The van der Waals surface area contributed by atoms with Crippen molar-refractivity contribution in [3.8, 4) is 11.5 Å². The number of hydrogen-bond acceptors (Lipinski definition) is 3. The zero-order chi connectivity index (χ0) is 17.0. The SMILES string of the molecule is COc1cc(C(=O)C(F)(F)F)ccc1OCc1ccccc1F. The van der Waals surface area contributed by atoms with Gasteiger partial charge in [0.1, 0.15) is 12.4 Å². The topological polar surface area (TPSA) is 35.5 Å². The third kappa shape index (κ3) is 4.00. The second-order valence-corrected chi connectivity index (χ2v) is 4.57. The lowest BCUT2D eigenvalue weighted by Gasteiger charge is -2.13. The predicted molar refractivity (Wildman–Crippen MR) is 74.1 cm³/mol. The van der Waals surface area contributed by atoms with E-state index in [1.807, 2.05) is 0 Å². The lowest BCUT2D eigenvalue weighted by Crippen LogP contribution is -2.22. The molecular formula is C16H12F4O3. The largest absolute Gasteiger partial charge is 0.493 e. The normalized spacial score (nSPS) is 11.2.